The molecule has 0 aliphatic heterocycles. The van der Waals surface area contributed by atoms with E-state index in [-0.39, 0.29) is 36.4 Å². The monoisotopic (exact) mass is 296 g/mol. The maximum Gasteiger partial charge on any atom is 0.193 e. The third kappa shape index (κ3) is 3.81. The molecule has 0 aromatic heterocycles. The minimum Gasteiger partial charge on any atom is -0.384 e. The van der Waals surface area contributed by atoms with Gasteiger partial charge in [0, 0.05) is 16.7 Å². The molecule has 0 amide bonds. The van der Waals surface area contributed by atoms with Crippen molar-refractivity contribution in [1.29, 1.82) is 5.41 Å². The molecular formula is C14H14Cl2N2O. The van der Waals surface area contributed by atoms with Gasteiger partial charge in [0.1, 0.15) is 5.84 Å². The minimum absolute atomic E-state index is 0. The fraction of sp³-hybridized carbons (Fsp3) is 0. The van der Waals surface area contributed by atoms with E-state index >= 15 is 0 Å². The molecule has 0 heterocycles. The fourth-order valence-electron chi connectivity index (χ4n) is 1.66. The number of rotatable bonds is 3. The van der Waals surface area contributed by atoms with E-state index in [1.54, 1.807) is 36.4 Å². The molecule has 3 nitrogen and oxygen atoms in total. The molecule has 2 aromatic rings. The molecule has 19 heavy (non-hydrogen) atoms. The highest BCUT2D eigenvalue weighted by molar-refractivity contribution is 6.15. The van der Waals surface area contributed by atoms with Crippen molar-refractivity contribution >= 4 is 36.4 Å². The highest BCUT2D eigenvalue weighted by Gasteiger charge is 2.13. The first kappa shape index (κ1) is 17.2. The molecule has 3 N–H and O–H groups in total. The Morgan fingerprint density at radius 2 is 1.32 bits per heavy atom. The van der Waals surface area contributed by atoms with E-state index in [1.807, 2.05) is 18.2 Å². The lowest BCUT2D eigenvalue weighted by molar-refractivity contribution is 0.103. The van der Waals surface area contributed by atoms with Crippen molar-refractivity contribution < 1.29 is 4.79 Å². The normalized spacial score (nSPS) is 8.84. The average molecular weight is 297 g/mol. The summed E-state index contributed by atoms with van der Waals surface area (Å²) < 4.78 is 0. The maximum atomic E-state index is 12.2. The van der Waals surface area contributed by atoms with E-state index in [0.29, 0.717) is 16.7 Å². The summed E-state index contributed by atoms with van der Waals surface area (Å²) in [5, 5.41) is 7.46. The average Bonchev–Trinajstić information content (AvgIpc) is 2.39. The van der Waals surface area contributed by atoms with Crippen LogP contribution in [0.1, 0.15) is 21.5 Å². The van der Waals surface area contributed by atoms with Gasteiger partial charge in [-0.25, -0.2) is 0 Å². The Labute approximate surface area is 124 Å². The Kier molecular flexibility index (Phi) is 6.83. The molecule has 2 rings (SSSR count). The summed E-state index contributed by atoms with van der Waals surface area (Å²) in [5.41, 5.74) is 7.00. The van der Waals surface area contributed by atoms with Gasteiger partial charge in [0.2, 0.25) is 0 Å². The lowest BCUT2D eigenvalue weighted by Crippen LogP contribution is -2.16. The van der Waals surface area contributed by atoms with Crippen molar-refractivity contribution in [3.63, 3.8) is 0 Å². The van der Waals surface area contributed by atoms with E-state index < -0.39 is 0 Å². The van der Waals surface area contributed by atoms with Crippen LogP contribution in [0.4, 0.5) is 0 Å². The van der Waals surface area contributed by atoms with Gasteiger partial charge in [-0.1, -0.05) is 54.6 Å². The van der Waals surface area contributed by atoms with E-state index in [4.69, 9.17) is 11.1 Å². The standard InChI is InChI=1S/C14H12N2O.2ClH/c15-14(16)12-9-5-4-8-11(12)13(17)10-6-2-1-3-7-10;;/h1-9H,(H3,15,16);2*1H. The third-order valence-electron chi connectivity index (χ3n) is 2.50. The van der Waals surface area contributed by atoms with Crippen LogP contribution in [0.3, 0.4) is 0 Å². The smallest absolute Gasteiger partial charge is 0.193 e. The van der Waals surface area contributed by atoms with Crippen molar-refractivity contribution in [2.45, 2.75) is 0 Å². The number of benzene rings is 2. The van der Waals surface area contributed by atoms with Crippen molar-refractivity contribution in [3.05, 3.63) is 71.3 Å². The van der Waals surface area contributed by atoms with Crippen LogP contribution < -0.4 is 5.73 Å². The molecule has 0 atom stereocenters. The molecule has 0 saturated carbocycles. The Morgan fingerprint density at radius 1 is 0.842 bits per heavy atom. The quantitative estimate of drug-likeness (QED) is 0.519. The minimum atomic E-state index is -0.114. The Bertz CT molecular complexity index is 571. The number of carbonyl (C=O) groups is 1. The lowest BCUT2D eigenvalue weighted by Gasteiger charge is -2.06. The third-order valence-corrected chi connectivity index (χ3v) is 2.50. The summed E-state index contributed by atoms with van der Waals surface area (Å²) in [6, 6.07) is 15.9. The first-order valence-electron chi connectivity index (χ1n) is 5.23. The summed E-state index contributed by atoms with van der Waals surface area (Å²) in [5.74, 6) is -0.207. The molecular weight excluding hydrogens is 283 g/mol. The zero-order valence-corrected chi connectivity index (χ0v) is 11.6. The number of hydrogen-bond acceptors (Lipinski definition) is 2. The number of amidine groups is 1. The number of nitrogens with one attached hydrogen (secondary N) is 1. The number of ketones is 1. The number of carbonyl (C=O) groups excluding carboxylic acids is 1. The largest absolute Gasteiger partial charge is 0.384 e. The van der Waals surface area contributed by atoms with Gasteiger partial charge in [0.15, 0.2) is 5.78 Å². The molecule has 0 unspecified atom stereocenters. The van der Waals surface area contributed by atoms with Crippen LogP contribution in [0.15, 0.2) is 54.6 Å². The van der Waals surface area contributed by atoms with E-state index in [0.717, 1.165) is 0 Å². The van der Waals surface area contributed by atoms with Crippen molar-refractivity contribution in [2.75, 3.05) is 0 Å². The van der Waals surface area contributed by atoms with Crippen LogP contribution >= 0.6 is 24.8 Å². The Morgan fingerprint density at radius 3 is 1.84 bits per heavy atom. The molecule has 0 aliphatic rings. The SMILES string of the molecule is Cl.Cl.N=C(N)c1ccccc1C(=O)c1ccccc1. The molecule has 0 radical (unpaired) electrons. The fourth-order valence-corrected chi connectivity index (χ4v) is 1.66. The Hall–Kier alpha value is -1.84. The first-order chi connectivity index (χ1) is 8.20. The summed E-state index contributed by atoms with van der Waals surface area (Å²) in [6.45, 7) is 0. The predicted molar refractivity (Wildman–Crippen MR) is 81.8 cm³/mol. The Balaban J connectivity index is 0.00000162. The van der Waals surface area contributed by atoms with Gasteiger partial charge >= 0.3 is 0 Å². The predicted octanol–water partition coefficient (Wildman–Crippen LogP) is 3.05. The van der Waals surface area contributed by atoms with Crippen molar-refractivity contribution in [3.8, 4) is 0 Å². The van der Waals surface area contributed by atoms with Crippen molar-refractivity contribution in [1.82, 2.24) is 0 Å². The number of halogens is 2. The number of hydrogen-bond donors (Lipinski definition) is 2. The molecule has 2 aromatic carbocycles. The van der Waals surface area contributed by atoms with Gasteiger partial charge in [0.05, 0.1) is 0 Å². The van der Waals surface area contributed by atoms with E-state index in [2.05, 4.69) is 0 Å². The van der Waals surface area contributed by atoms with E-state index in [1.165, 1.54) is 0 Å². The molecule has 0 fully saturated rings. The molecule has 0 spiro atoms. The molecule has 0 saturated heterocycles. The molecule has 100 valence electrons. The van der Waals surface area contributed by atoms with Gasteiger partial charge in [-0.2, -0.15) is 0 Å². The van der Waals surface area contributed by atoms with Gasteiger partial charge in [-0.3, -0.25) is 10.2 Å². The van der Waals surface area contributed by atoms with Gasteiger partial charge in [0.25, 0.3) is 0 Å². The summed E-state index contributed by atoms with van der Waals surface area (Å²) in [6.07, 6.45) is 0. The molecule has 0 bridgehead atoms. The second-order valence-corrected chi connectivity index (χ2v) is 3.65. The van der Waals surface area contributed by atoms with Crippen LogP contribution in [0.5, 0.6) is 0 Å². The highest BCUT2D eigenvalue weighted by atomic mass is 35.5. The summed E-state index contributed by atoms with van der Waals surface area (Å²) in [7, 11) is 0. The maximum absolute atomic E-state index is 12.2. The number of nitrogen functional groups attached to an aromatic ring is 1. The summed E-state index contributed by atoms with van der Waals surface area (Å²) >= 11 is 0. The lowest BCUT2D eigenvalue weighted by atomic mass is 9.98. The highest BCUT2D eigenvalue weighted by Crippen LogP contribution is 2.14. The zero-order chi connectivity index (χ0) is 12.3. The second kappa shape index (κ2) is 7.56. The summed E-state index contributed by atoms with van der Waals surface area (Å²) in [4.78, 5) is 12.2. The van der Waals surface area contributed by atoms with Crippen LogP contribution in [0.2, 0.25) is 0 Å². The number of nitrogens with two attached hydrogens (primary N) is 1. The van der Waals surface area contributed by atoms with Gasteiger partial charge in [-0.05, 0) is 0 Å². The van der Waals surface area contributed by atoms with Crippen molar-refractivity contribution in [2.24, 2.45) is 5.73 Å². The van der Waals surface area contributed by atoms with Crippen LogP contribution in [-0.4, -0.2) is 11.6 Å². The van der Waals surface area contributed by atoms with Gasteiger partial charge < -0.3 is 5.73 Å². The van der Waals surface area contributed by atoms with Gasteiger partial charge in [-0.15, -0.1) is 24.8 Å². The van der Waals surface area contributed by atoms with Crippen LogP contribution in [0, 0.1) is 5.41 Å². The van der Waals surface area contributed by atoms with Crippen LogP contribution in [-0.2, 0) is 0 Å². The zero-order valence-electron chi connectivity index (χ0n) is 10.00. The van der Waals surface area contributed by atoms with E-state index in [9.17, 15) is 4.79 Å². The first-order valence-corrected chi connectivity index (χ1v) is 5.23. The molecule has 5 heteroatoms. The molecule has 0 aliphatic carbocycles. The van der Waals surface area contributed by atoms with Crippen LogP contribution in [0.25, 0.3) is 0 Å². The second-order valence-electron chi connectivity index (χ2n) is 3.65. The topological polar surface area (TPSA) is 66.9 Å².